The van der Waals surface area contributed by atoms with Crippen LogP contribution in [0.15, 0.2) is 83.8 Å². The molecule has 0 aliphatic heterocycles. The van der Waals surface area contributed by atoms with E-state index in [2.05, 4.69) is 22.4 Å². The molecule has 0 fully saturated rings. The van der Waals surface area contributed by atoms with E-state index in [0.717, 1.165) is 33.5 Å². The van der Waals surface area contributed by atoms with E-state index in [-0.39, 0.29) is 5.56 Å². The van der Waals surface area contributed by atoms with Gasteiger partial charge >= 0.3 is 0 Å². The number of fused-ring (bicyclic) bond motifs is 2. The van der Waals surface area contributed by atoms with Gasteiger partial charge in [0.25, 0.3) is 5.56 Å². The van der Waals surface area contributed by atoms with Gasteiger partial charge in [0, 0.05) is 12.7 Å². The number of hydrogen-bond donors (Lipinski definition) is 2. The van der Waals surface area contributed by atoms with Gasteiger partial charge in [0.05, 0.1) is 11.1 Å². The van der Waals surface area contributed by atoms with Gasteiger partial charge in [-0.05, 0) is 41.6 Å². The zero-order valence-electron chi connectivity index (χ0n) is 16.0. The van der Waals surface area contributed by atoms with Crippen LogP contribution in [0.25, 0.3) is 27.8 Å². The molecule has 0 spiro atoms. The van der Waals surface area contributed by atoms with Crippen LogP contribution in [-0.4, -0.2) is 14.4 Å². The Balaban J connectivity index is 1.68. The Morgan fingerprint density at radius 2 is 1.83 bits per heavy atom. The monoisotopic (exact) mass is 380 g/mol. The number of imidazole rings is 1. The van der Waals surface area contributed by atoms with Crippen molar-refractivity contribution in [3.63, 3.8) is 0 Å². The van der Waals surface area contributed by atoms with Crippen LogP contribution in [0.4, 0.5) is 5.82 Å². The fourth-order valence-electron chi connectivity index (χ4n) is 3.69. The number of benzene rings is 2. The van der Waals surface area contributed by atoms with Gasteiger partial charge < -0.3 is 10.3 Å². The maximum absolute atomic E-state index is 13.0. The molecule has 5 rings (SSSR count). The molecular weight excluding hydrogens is 360 g/mol. The Kier molecular flexibility index (Phi) is 4.13. The highest BCUT2D eigenvalue weighted by molar-refractivity contribution is 5.87. The molecule has 0 aliphatic carbocycles. The minimum atomic E-state index is -0.141. The number of hydrogen-bond acceptors (Lipinski definition) is 3. The van der Waals surface area contributed by atoms with E-state index in [1.807, 2.05) is 78.2 Å². The maximum atomic E-state index is 13.0. The summed E-state index contributed by atoms with van der Waals surface area (Å²) in [7, 11) is 0. The van der Waals surface area contributed by atoms with Crippen molar-refractivity contribution >= 4 is 22.4 Å². The highest BCUT2D eigenvalue weighted by Gasteiger charge is 2.17. The summed E-state index contributed by atoms with van der Waals surface area (Å²) in [5.41, 5.74) is 4.93. The smallest absolute Gasteiger partial charge is 0.258 e. The number of anilines is 1. The number of rotatable bonds is 4. The number of nitrogens with one attached hydrogen (secondary N) is 2. The van der Waals surface area contributed by atoms with Crippen LogP contribution in [0, 0.1) is 6.92 Å². The Bertz CT molecular complexity index is 1380. The van der Waals surface area contributed by atoms with Gasteiger partial charge in [-0.25, -0.2) is 4.98 Å². The first-order chi connectivity index (χ1) is 14.2. The molecule has 0 atom stereocenters. The molecule has 0 saturated carbocycles. The lowest BCUT2D eigenvalue weighted by Gasteiger charge is -2.10. The van der Waals surface area contributed by atoms with E-state index >= 15 is 0 Å². The van der Waals surface area contributed by atoms with Crippen molar-refractivity contribution in [3.8, 4) is 11.3 Å². The van der Waals surface area contributed by atoms with Gasteiger partial charge in [0.15, 0.2) is 0 Å². The normalized spacial score (nSPS) is 11.2. The van der Waals surface area contributed by atoms with Crippen molar-refractivity contribution < 1.29 is 0 Å². The maximum Gasteiger partial charge on any atom is 0.258 e. The molecule has 5 nitrogen and oxygen atoms in total. The van der Waals surface area contributed by atoms with E-state index in [1.54, 1.807) is 0 Å². The van der Waals surface area contributed by atoms with E-state index in [1.165, 1.54) is 0 Å². The third-order valence-corrected chi connectivity index (χ3v) is 5.18. The Morgan fingerprint density at radius 1 is 1.00 bits per heavy atom. The summed E-state index contributed by atoms with van der Waals surface area (Å²) in [6, 6.07) is 23.9. The van der Waals surface area contributed by atoms with Gasteiger partial charge in [0.2, 0.25) is 0 Å². The van der Waals surface area contributed by atoms with Gasteiger partial charge in [-0.15, -0.1) is 0 Å². The summed E-state index contributed by atoms with van der Waals surface area (Å²) >= 11 is 0. The summed E-state index contributed by atoms with van der Waals surface area (Å²) in [5.74, 6) is 0.807. The summed E-state index contributed by atoms with van der Waals surface area (Å²) in [6.45, 7) is 2.64. The Hall–Kier alpha value is -3.86. The first-order valence-corrected chi connectivity index (χ1v) is 9.58. The SMILES string of the molecule is Cc1cccc2cc(-c3nc4ccccn4c3NCc3ccccc3)c(=O)[nH]c12. The minimum absolute atomic E-state index is 0.141. The van der Waals surface area contributed by atoms with Gasteiger partial charge in [-0.2, -0.15) is 0 Å². The van der Waals surface area contributed by atoms with Crippen molar-refractivity contribution in [2.45, 2.75) is 13.5 Å². The molecule has 0 radical (unpaired) electrons. The molecule has 142 valence electrons. The average Bonchev–Trinajstić information content (AvgIpc) is 3.11. The fraction of sp³-hybridized carbons (Fsp3) is 0.0833. The lowest BCUT2D eigenvalue weighted by molar-refractivity contribution is 1.08. The Morgan fingerprint density at radius 3 is 2.69 bits per heavy atom. The lowest BCUT2D eigenvalue weighted by Crippen LogP contribution is -2.11. The molecule has 0 aliphatic rings. The topological polar surface area (TPSA) is 62.2 Å². The van der Waals surface area contributed by atoms with Crippen molar-refractivity contribution in [2.75, 3.05) is 5.32 Å². The van der Waals surface area contributed by atoms with E-state index < -0.39 is 0 Å². The zero-order chi connectivity index (χ0) is 19.8. The number of aromatic amines is 1. The lowest BCUT2D eigenvalue weighted by atomic mass is 10.1. The molecule has 5 heteroatoms. The Labute approximate surface area is 167 Å². The van der Waals surface area contributed by atoms with Gasteiger partial charge in [-0.1, -0.05) is 54.6 Å². The molecular formula is C24H20N4O. The molecule has 3 aromatic heterocycles. The largest absolute Gasteiger partial charge is 0.365 e. The van der Waals surface area contributed by atoms with Crippen molar-refractivity contribution in [1.29, 1.82) is 0 Å². The van der Waals surface area contributed by atoms with Crippen LogP contribution in [0.1, 0.15) is 11.1 Å². The fourth-order valence-corrected chi connectivity index (χ4v) is 3.69. The molecule has 0 amide bonds. The molecule has 0 unspecified atom stereocenters. The molecule has 5 aromatic rings. The number of pyridine rings is 2. The average molecular weight is 380 g/mol. The third-order valence-electron chi connectivity index (χ3n) is 5.18. The standard InChI is InChI=1S/C24H20N4O/c1-16-8-7-11-18-14-19(24(29)27-21(16)18)22-23(25-15-17-9-3-2-4-10-17)28-13-6-5-12-20(28)26-22/h2-14,25H,15H2,1H3,(H,27,29). The summed E-state index contributed by atoms with van der Waals surface area (Å²) in [5, 5.41) is 4.48. The summed E-state index contributed by atoms with van der Waals surface area (Å²) in [6.07, 6.45) is 1.96. The van der Waals surface area contributed by atoms with Crippen molar-refractivity contribution in [2.24, 2.45) is 0 Å². The van der Waals surface area contributed by atoms with Crippen molar-refractivity contribution in [3.05, 3.63) is 100 Å². The number of aromatic nitrogens is 3. The number of H-pyrrole nitrogens is 1. The third kappa shape index (κ3) is 3.06. The number of para-hydroxylation sites is 1. The highest BCUT2D eigenvalue weighted by Crippen LogP contribution is 2.29. The zero-order valence-corrected chi connectivity index (χ0v) is 16.0. The highest BCUT2D eigenvalue weighted by atomic mass is 16.1. The van der Waals surface area contributed by atoms with Gasteiger partial charge in [0.1, 0.15) is 17.2 Å². The van der Waals surface area contributed by atoms with Crippen LogP contribution in [0.3, 0.4) is 0 Å². The summed E-state index contributed by atoms with van der Waals surface area (Å²) < 4.78 is 1.98. The molecule has 2 N–H and O–H groups in total. The number of aryl methyl sites for hydroxylation is 1. The van der Waals surface area contributed by atoms with Crippen LogP contribution >= 0.6 is 0 Å². The van der Waals surface area contributed by atoms with E-state index in [0.29, 0.717) is 17.8 Å². The predicted octanol–water partition coefficient (Wildman–Crippen LogP) is 4.76. The first kappa shape index (κ1) is 17.3. The van der Waals surface area contributed by atoms with Crippen LogP contribution in [-0.2, 0) is 6.54 Å². The second kappa shape index (κ2) is 6.95. The van der Waals surface area contributed by atoms with Gasteiger partial charge in [-0.3, -0.25) is 9.20 Å². The molecule has 2 aromatic carbocycles. The number of nitrogens with zero attached hydrogens (tertiary/aromatic N) is 2. The van der Waals surface area contributed by atoms with Crippen LogP contribution in [0.2, 0.25) is 0 Å². The molecule has 0 saturated heterocycles. The second-order valence-electron chi connectivity index (χ2n) is 7.13. The second-order valence-corrected chi connectivity index (χ2v) is 7.13. The van der Waals surface area contributed by atoms with Crippen molar-refractivity contribution in [1.82, 2.24) is 14.4 Å². The van der Waals surface area contributed by atoms with Crippen LogP contribution in [0.5, 0.6) is 0 Å². The molecule has 3 heterocycles. The van der Waals surface area contributed by atoms with E-state index in [9.17, 15) is 4.79 Å². The minimum Gasteiger partial charge on any atom is -0.365 e. The summed E-state index contributed by atoms with van der Waals surface area (Å²) in [4.78, 5) is 20.8. The predicted molar refractivity (Wildman–Crippen MR) is 117 cm³/mol. The van der Waals surface area contributed by atoms with Crippen LogP contribution < -0.4 is 10.9 Å². The first-order valence-electron chi connectivity index (χ1n) is 9.58. The van der Waals surface area contributed by atoms with E-state index in [4.69, 9.17) is 4.98 Å². The quantitative estimate of drug-likeness (QED) is 0.472. The molecule has 0 bridgehead atoms. The molecule has 29 heavy (non-hydrogen) atoms.